The van der Waals surface area contributed by atoms with E-state index in [0.29, 0.717) is 22.6 Å². The molecule has 1 N–H and O–H groups in total. The van der Waals surface area contributed by atoms with E-state index in [1.165, 1.54) is 6.08 Å². The number of ether oxygens (including phenoxy) is 1. The summed E-state index contributed by atoms with van der Waals surface area (Å²) < 4.78 is 7.09. The third-order valence-corrected chi connectivity index (χ3v) is 5.44. The molecule has 0 aliphatic carbocycles. The number of amides is 1. The maximum atomic E-state index is 12.4. The number of nitriles is 1. The van der Waals surface area contributed by atoms with Crippen LogP contribution in [-0.4, -0.2) is 11.9 Å². The summed E-state index contributed by atoms with van der Waals surface area (Å²) in [6.07, 6.45) is 1.48. The quantitative estimate of drug-likeness (QED) is 0.137. The van der Waals surface area contributed by atoms with Crippen molar-refractivity contribution in [3.63, 3.8) is 0 Å². The number of rotatable bonds is 5. The third-order valence-electron chi connectivity index (χ3n) is 3.97. The SMILES string of the molecule is N#C/C(=C/c1ccc(OC(=O)c2ccc(Br)cc2)cc1)C(=O)Nc1ccccc1I. The maximum Gasteiger partial charge on any atom is 0.343 e. The van der Waals surface area contributed by atoms with Gasteiger partial charge >= 0.3 is 5.97 Å². The van der Waals surface area contributed by atoms with Gasteiger partial charge in [0.15, 0.2) is 0 Å². The monoisotopic (exact) mass is 572 g/mol. The van der Waals surface area contributed by atoms with Gasteiger partial charge in [-0.25, -0.2) is 4.79 Å². The fourth-order valence-corrected chi connectivity index (χ4v) is 3.24. The molecule has 5 nitrogen and oxygen atoms in total. The van der Waals surface area contributed by atoms with Crippen LogP contribution in [-0.2, 0) is 4.79 Å². The average molecular weight is 573 g/mol. The topological polar surface area (TPSA) is 79.2 Å². The molecule has 0 atom stereocenters. The van der Waals surface area contributed by atoms with Crippen molar-refractivity contribution in [3.05, 3.63) is 97.5 Å². The fourth-order valence-electron chi connectivity index (χ4n) is 2.45. The Hall–Kier alpha value is -2.96. The number of esters is 1. The lowest BCUT2D eigenvalue weighted by molar-refractivity contribution is -0.112. The summed E-state index contributed by atoms with van der Waals surface area (Å²) in [5.41, 5.74) is 1.67. The smallest absolute Gasteiger partial charge is 0.343 e. The van der Waals surface area contributed by atoms with Crippen LogP contribution >= 0.6 is 38.5 Å². The number of hydrogen-bond donors (Lipinski definition) is 1. The molecule has 30 heavy (non-hydrogen) atoms. The van der Waals surface area contributed by atoms with Crippen LogP contribution in [0.15, 0.2) is 82.8 Å². The molecule has 3 aromatic rings. The molecule has 0 heterocycles. The normalized spacial score (nSPS) is 10.8. The van der Waals surface area contributed by atoms with Crippen LogP contribution in [0.3, 0.4) is 0 Å². The summed E-state index contributed by atoms with van der Waals surface area (Å²) in [5, 5.41) is 12.1. The number of carbonyl (C=O) groups excluding carboxylic acids is 2. The van der Waals surface area contributed by atoms with Gasteiger partial charge in [0.05, 0.1) is 11.3 Å². The van der Waals surface area contributed by atoms with Gasteiger partial charge in [-0.15, -0.1) is 0 Å². The van der Waals surface area contributed by atoms with Gasteiger partial charge in [0.1, 0.15) is 17.4 Å². The van der Waals surface area contributed by atoms with Gasteiger partial charge in [-0.3, -0.25) is 4.79 Å². The molecule has 3 aromatic carbocycles. The minimum absolute atomic E-state index is 0.0331. The van der Waals surface area contributed by atoms with Gasteiger partial charge in [0, 0.05) is 8.04 Å². The van der Waals surface area contributed by atoms with E-state index in [1.807, 2.05) is 24.3 Å². The van der Waals surface area contributed by atoms with Crippen molar-refractivity contribution in [1.29, 1.82) is 5.26 Å². The lowest BCUT2D eigenvalue weighted by Crippen LogP contribution is -2.14. The van der Waals surface area contributed by atoms with Crippen LogP contribution in [0.25, 0.3) is 6.08 Å². The molecule has 0 aliphatic rings. The molecule has 3 rings (SSSR count). The molecular formula is C23H14BrIN2O3. The summed E-state index contributed by atoms with van der Waals surface area (Å²) in [4.78, 5) is 24.6. The number of halogens is 2. The number of nitrogens with one attached hydrogen (secondary N) is 1. The molecule has 0 fully saturated rings. The second kappa shape index (κ2) is 10.2. The maximum absolute atomic E-state index is 12.4. The van der Waals surface area contributed by atoms with Crippen molar-refractivity contribution in [3.8, 4) is 11.8 Å². The second-order valence-corrected chi connectivity index (χ2v) is 8.15. The molecule has 0 spiro atoms. The molecular weight excluding hydrogens is 559 g/mol. The Morgan fingerprint density at radius 3 is 2.30 bits per heavy atom. The van der Waals surface area contributed by atoms with Crippen molar-refractivity contribution < 1.29 is 14.3 Å². The molecule has 0 bridgehead atoms. The number of benzene rings is 3. The van der Waals surface area contributed by atoms with Crippen LogP contribution in [0.5, 0.6) is 5.75 Å². The predicted molar refractivity (Wildman–Crippen MR) is 127 cm³/mol. The van der Waals surface area contributed by atoms with E-state index in [2.05, 4.69) is 43.8 Å². The number of carbonyl (C=O) groups is 2. The summed E-state index contributed by atoms with van der Waals surface area (Å²) in [6, 6.07) is 22.6. The van der Waals surface area contributed by atoms with Crippen LogP contribution in [0.2, 0.25) is 0 Å². The van der Waals surface area contributed by atoms with Crippen molar-refractivity contribution in [2.24, 2.45) is 0 Å². The molecule has 0 unspecified atom stereocenters. The molecule has 0 saturated heterocycles. The minimum atomic E-state index is -0.493. The molecule has 0 radical (unpaired) electrons. The van der Waals surface area contributed by atoms with E-state index in [9.17, 15) is 14.9 Å². The van der Waals surface area contributed by atoms with E-state index >= 15 is 0 Å². The van der Waals surface area contributed by atoms with Gasteiger partial charge in [-0.05, 0) is 82.8 Å². The van der Waals surface area contributed by atoms with Crippen LogP contribution in [0.1, 0.15) is 15.9 Å². The highest BCUT2D eigenvalue weighted by molar-refractivity contribution is 14.1. The van der Waals surface area contributed by atoms with Crippen molar-refractivity contribution in [2.45, 2.75) is 0 Å². The van der Waals surface area contributed by atoms with Crippen molar-refractivity contribution in [2.75, 3.05) is 5.32 Å². The standard InChI is InChI=1S/C23H14BrIN2O3/c24-18-9-7-16(8-10-18)23(29)30-19-11-5-15(6-12-19)13-17(14-26)22(28)27-21-4-2-1-3-20(21)25/h1-13H,(H,27,28)/b17-13-. The first-order valence-corrected chi connectivity index (χ1v) is 10.6. The minimum Gasteiger partial charge on any atom is -0.423 e. The fraction of sp³-hybridized carbons (Fsp3) is 0. The van der Waals surface area contributed by atoms with Gasteiger partial charge in [-0.1, -0.05) is 40.2 Å². The van der Waals surface area contributed by atoms with E-state index in [4.69, 9.17) is 4.74 Å². The average Bonchev–Trinajstić information content (AvgIpc) is 2.75. The molecule has 0 aliphatic heterocycles. The first-order valence-electron chi connectivity index (χ1n) is 8.72. The molecule has 148 valence electrons. The van der Waals surface area contributed by atoms with E-state index in [0.717, 1.165) is 8.04 Å². The zero-order valence-corrected chi connectivity index (χ0v) is 19.2. The Labute approximate surface area is 195 Å². The molecule has 1 amide bonds. The Morgan fingerprint density at radius 2 is 1.67 bits per heavy atom. The van der Waals surface area contributed by atoms with Crippen LogP contribution in [0, 0.1) is 14.9 Å². The van der Waals surface area contributed by atoms with Crippen molar-refractivity contribution >= 4 is 62.2 Å². The lowest BCUT2D eigenvalue weighted by atomic mass is 10.1. The number of hydrogen-bond acceptors (Lipinski definition) is 4. The lowest BCUT2D eigenvalue weighted by Gasteiger charge is -2.07. The van der Waals surface area contributed by atoms with Gasteiger partial charge in [0.2, 0.25) is 0 Å². The number of para-hydroxylation sites is 1. The zero-order valence-electron chi connectivity index (χ0n) is 15.4. The highest BCUT2D eigenvalue weighted by Crippen LogP contribution is 2.20. The Bertz CT molecular complexity index is 1150. The van der Waals surface area contributed by atoms with Crippen LogP contribution < -0.4 is 10.1 Å². The summed E-state index contributed by atoms with van der Waals surface area (Å²) >= 11 is 5.43. The molecule has 0 aromatic heterocycles. The van der Waals surface area contributed by atoms with Crippen molar-refractivity contribution in [1.82, 2.24) is 0 Å². The predicted octanol–water partition coefficient (Wildman–Crippen LogP) is 5.82. The Balaban J connectivity index is 1.69. The largest absolute Gasteiger partial charge is 0.423 e. The zero-order chi connectivity index (χ0) is 21.5. The number of nitrogens with zero attached hydrogens (tertiary/aromatic N) is 1. The summed E-state index contributed by atoms with van der Waals surface area (Å²) in [6.45, 7) is 0. The van der Waals surface area contributed by atoms with Gasteiger partial charge in [-0.2, -0.15) is 5.26 Å². The summed E-state index contributed by atoms with van der Waals surface area (Å²) in [7, 11) is 0. The molecule has 7 heteroatoms. The summed E-state index contributed by atoms with van der Waals surface area (Å²) in [5.74, 6) is -0.602. The van der Waals surface area contributed by atoms with E-state index < -0.39 is 11.9 Å². The van der Waals surface area contributed by atoms with E-state index in [-0.39, 0.29) is 5.57 Å². The highest BCUT2D eigenvalue weighted by atomic mass is 127. The van der Waals surface area contributed by atoms with E-state index in [1.54, 1.807) is 54.6 Å². The first-order chi connectivity index (χ1) is 14.5. The van der Waals surface area contributed by atoms with Gasteiger partial charge < -0.3 is 10.1 Å². The number of anilines is 1. The Morgan fingerprint density at radius 1 is 1.00 bits per heavy atom. The van der Waals surface area contributed by atoms with Crippen LogP contribution in [0.4, 0.5) is 5.69 Å². The second-order valence-electron chi connectivity index (χ2n) is 6.07. The third kappa shape index (κ3) is 5.78. The highest BCUT2D eigenvalue weighted by Gasteiger charge is 2.12. The Kier molecular flexibility index (Phi) is 7.38. The first kappa shape index (κ1) is 21.7. The van der Waals surface area contributed by atoms with Gasteiger partial charge in [0.25, 0.3) is 5.91 Å². The molecule has 0 saturated carbocycles.